The summed E-state index contributed by atoms with van der Waals surface area (Å²) < 4.78 is 16.9. The molecule has 0 rings (SSSR count). The van der Waals surface area contributed by atoms with Crippen molar-refractivity contribution in [3.63, 3.8) is 0 Å². The summed E-state index contributed by atoms with van der Waals surface area (Å²) in [7, 11) is 0. The molecule has 6 heteroatoms. The van der Waals surface area contributed by atoms with Crippen LogP contribution in [0.4, 0.5) is 0 Å². The highest BCUT2D eigenvalue weighted by Crippen LogP contribution is 2.18. The van der Waals surface area contributed by atoms with E-state index in [9.17, 15) is 14.4 Å². The molecule has 0 N–H and O–H groups in total. The van der Waals surface area contributed by atoms with E-state index >= 15 is 0 Å². The smallest absolute Gasteiger partial charge is 0.306 e. The second-order valence-corrected chi connectivity index (χ2v) is 21.7. The Morgan fingerprint density at radius 1 is 0.232 bits per heavy atom. The average Bonchev–Trinajstić information content (AvgIpc) is 3.35. The van der Waals surface area contributed by atoms with Crippen LogP contribution in [0, 0.1) is 0 Å². The van der Waals surface area contributed by atoms with Gasteiger partial charge in [-0.3, -0.25) is 14.4 Å². The van der Waals surface area contributed by atoms with Crippen LogP contribution in [0.15, 0.2) is 0 Å². The van der Waals surface area contributed by atoms with Gasteiger partial charge in [0.1, 0.15) is 13.2 Å². The summed E-state index contributed by atoms with van der Waals surface area (Å²) in [6.45, 7) is 6.70. The van der Waals surface area contributed by atoms with Gasteiger partial charge < -0.3 is 14.2 Å². The normalized spacial score (nSPS) is 11.9. The van der Waals surface area contributed by atoms with Crippen molar-refractivity contribution in [3.8, 4) is 0 Å². The molecule has 0 aliphatic heterocycles. The second kappa shape index (κ2) is 59.0. The van der Waals surface area contributed by atoms with Gasteiger partial charge in [-0.1, -0.05) is 329 Å². The maximum atomic E-state index is 12.9. The van der Waals surface area contributed by atoms with E-state index in [4.69, 9.17) is 14.2 Å². The fourth-order valence-corrected chi connectivity index (χ4v) is 9.86. The molecule has 0 aromatic rings. The lowest BCUT2D eigenvalue weighted by Gasteiger charge is -2.18. The number of ether oxygens (including phenoxy) is 3. The maximum absolute atomic E-state index is 12.9. The number of hydrogen-bond donors (Lipinski definition) is 0. The van der Waals surface area contributed by atoms with E-state index in [-0.39, 0.29) is 31.1 Å². The van der Waals surface area contributed by atoms with E-state index in [2.05, 4.69) is 20.8 Å². The zero-order valence-corrected chi connectivity index (χ0v) is 47.1. The van der Waals surface area contributed by atoms with Crippen LogP contribution in [0.2, 0.25) is 0 Å². The Morgan fingerprint density at radius 2 is 0.391 bits per heavy atom. The van der Waals surface area contributed by atoms with Gasteiger partial charge in [-0.15, -0.1) is 0 Å². The third-order valence-electron chi connectivity index (χ3n) is 14.6. The molecule has 410 valence electrons. The molecule has 0 aliphatic carbocycles. The largest absolute Gasteiger partial charge is 0.462 e. The van der Waals surface area contributed by atoms with Gasteiger partial charge in [0.15, 0.2) is 6.10 Å². The van der Waals surface area contributed by atoms with Crippen LogP contribution in [0.3, 0.4) is 0 Å². The van der Waals surface area contributed by atoms with Crippen LogP contribution < -0.4 is 0 Å². The second-order valence-electron chi connectivity index (χ2n) is 21.7. The predicted octanol–water partition coefficient (Wildman–Crippen LogP) is 21.1. The number of rotatable bonds is 59. The number of esters is 3. The van der Waals surface area contributed by atoms with Crippen LogP contribution in [-0.4, -0.2) is 37.2 Å². The zero-order chi connectivity index (χ0) is 50.0. The van der Waals surface area contributed by atoms with Crippen LogP contribution in [0.1, 0.15) is 367 Å². The molecule has 1 unspecified atom stereocenters. The molecular weight excluding hydrogens is 853 g/mol. The molecule has 0 bridgehead atoms. The van der Waals surface area contributed by atoms with E-state index in [1.165, 1.54) is 270 Å². The fraction of sp³-hybridized carbons (Fsp3) is 0.952. The Hall–Kier alpha value is -1.59. The van der Waals surface area contributed by atoms with Gasteiger partial charge in [0.25, 0.3) is 0 Å². The molecule has 1 atom stereocenters. The molecule has 0 aromatic carbocycles. The molecule has 0 aliphatic rings. The Labute approximate surface area is 431 Å². The lowest BCUT2D eigenvalue weighted by molar-refractivity contribution is -0.167. The molecule has 0 spiro atoms. The average molecular weight is 976 g/mol. The number of hydrogen-bond acceptors (Lipinski definition) is 6. The van der Waals surface area contributed by atoms with Gasteiger partial charge in [-0.05, 0) is 19.3 Å². The minimum atomic E-state index is -0.761. The number of carbonyl (C=O) groups excluding carboxylic acids is 3. The van der Waals surface area contributed by atoms with Crippen LogP contribution in [-0.2, 0) is 28.6 Å². The molecule has 0 heterocycles. The van der Waals surface area contributed by atoms with Crippen molar-refractivity contribution in [1.29, 1.82) is 0 Å². The molecule has 0 aromatic heterocycles. The topological polar surface area (TPSA) is 78.9 Å². The monoisotopic (exact) mass is 975 g/mol. The Balaban J connectivity index is 4.15. The van der Waals surface area contributed by atoms with Crippen molar-refractivity contribution < 1.29 is 28.6 Å². The van der Waals surface area contributed by atoms with Gasteiger partial charge >= 0.3 is 17.9 Å². The molecule has 69 heavy (non-hydrogen) atoms. The van der Waals surface area contributed by atoms with E-state index in [0.29, 0.717) is 19.3 Å². The molecule has 0 saturated carbocycles. The minimum absolute atomic E-state index is 0.0611. The fourth-order valence-electron chi connectivity index (χ4n) is 9.86. The molecule has 0 fully saturated rings. The lowest BCUT2D eigenvalue weighted by atomic mass is 10.0. The quantitative estimate of drug-likeness (QED) is 0.0343. The van der Waals surface area contributed by atoms with E-state index in [0.717, 1.165) is 57.8 Å². The summed E-state index contributed by atoms with van der Waals surface area (Å²) in [6.07, 6.45) is 66.9. The highest BCUT2D eigenvalue weighted by atomic mass is 16.6. The van der Waals surface area contributed by atoms with Gasteiger partial charge in [0.05, 0.1) is 0 Å². The molecule has 0 amide bonds. The van der Waals surface area contributed by atoms with Crippen molar-refractivity contribution >= 4 is 17.9 Å². The van der Waals surface area contributed by atoms with Gasteiger partial charge in [-0.25, -0.2) is 0 Å². The van der Waals surface area contributed by atoms with E-state index in [1.807, 2.05) is 0 Å². The molecular formula is C63H122O6. The predicted molar refractivity (Wildman–Crippen MR) is 298 cm³/mol. The third kappa shape index (κ3) is 57.2. The SMILES string of the molecule is CCCCCCCCCCCCCCCCCCCCCCCC(=O)OCC(COC(=O)CCCCCCCCCCC)OC(=O)CCCCCCCCCCCCCCCCCCCCCCC. The first kappa shape index (κ1) is 67.4. The Morgan fingerprint density at radius 3 is 0.580 bits per heavy atom. The van der Waals surface area contributed by atoms with Gasteiger partial charge in [0.2, 0.25) is 0 Å². The van der Waals surface area contributed by atoms with Crippen molar-refractivity contribution in [1.82, 2.24) is 0 Å². The van der Waals surface area contributed by atoms with Crippen molar-refractivity contribution in [2.24, 2.45) is 0 Å². The van der Waals surface area contributed by atoms with Crippen LogP contribution in [0.5, 0.6) is 0 Å². The van der Waals surface area contributed by atoms with Crippen molar-refractivity contribution in [2.75, 3.05) is 13.2 Å². The first-order valence-corrected chi connectivity index (χ1v) is 31.5. The van der Waals surface area contributed by atoms with Crippen LogP contribution in [0.25, 0.3) is 0 Å². The summed E-state index contributed by atoms with van der Waals surface area (Å²) in [5.41, 5.74) is 0. The van der Waals surface area contributed by atoms with Gasteiger partial charge in [0, 0.05) is 19.3 Å². The van der Waals surface area contributed by atoms with E-state index < -0.39 is 6.10 Å². The molecule has 0 radical (unpaired) electrons. The highest BCUT2D eigenvalue weighted by molar-refractivity contribution is 5.71. The first-order valence-electron chi connectivity index (χ1n) is 31.5. The Kier molecular flexibility index (Phi) is 57.6. The maximum Gasteiger partial charge on any atom is 0.306 e. The summed E-state index contributed by atoms with van der Waals surface area (Å²) >= 11 is 0. The highest BCUT2D eigenvalue weighted by Gasteiger charge is 2.19. The van der Waals surface area contributed by atoms with E-state index in [1.54, 1.807) is 0 Å². The summed E-state index contributed by atoms with van der Waals surface area (Å²) in [4.78, 5) is 38.1. The summed E-state index contributed by atoms with van der Waals surface area (Å²) in [6, 6.07) is 0. The summed E-state index contributed by atoms with van der Waals surface area (Å²) in [5.74, 6) is -0.832. The lowest BCUT2D eigenvalue weighted by Crippen LogP contribution is -2.30. The zero-order valence-electron chi connectivity index (χ0n) is 47.1. The minimum Gasteiger partial charge on any atom is -0.462 e. The van der Waals surface area contributed by atoms with Crippen molar-refractivity contribution in [3.05, 3.63) is 0 Å². The third-order valence-corrected chi connectivity index (χ3v) is 14.6. The summed E-state index contributed by atoms with van der Waals surface area (Å²) in [5, 5.41) is 0. The van der Waals surface area contributed by atoms with Gasteiger partial charge in [-0.2, -0.15) is 0 Å². The molecule has 6 nitrogen and oxygen atoms in total. The molecule has 0 saturated heterocycles. The van der Waals surface area contributed by atoms with Crippen molar-refractivity contribution in [2.45, 2.75) is 374 Å². The number of unbranched alkanes of at least 4 members (excludes halogenated alkanes) is 48. The Bertz CT molecular complexity index is 1030. The van der Waals surface area contributed by atoms with Crippen LogP contribution >= 0.6 is 0 Å². The standard InChI is InChI=1S/C63H122O6/c1-4-7-10-13-16-19-21-23-25-27-29-31-33-35-37-39-41-44-47-50-53-56-62(65)68-59-60(58-67-61(64)55-52-49-46-43-18-15-12-9-6-3)69-63(66)57-54-51-48-45-42-40-38-36-34-32-30-28-26-24-22-20-17-14-11-8-5-2/h60H,4-59H2,1-3H3. The first-order chi connectivity index (χ1) is 34.0. The number of carbonyl (C=O) groups is 3.